The average molecular weight is 1170 g/mol. The predicted molar refractivity (Wildman–Crippen MR) is 319 cm³/mol. The van der Waals surface area contributed by atoms with Crippen molar-refractivity contribution in [1.29, 1.82) is 0 Å². The number of amides is 1. The lowest BCUT2D eigenvalue weighted by molar-refractivity contribution is -0.302. The summed E-state index contributed by atoms with van der Waals surface area (Å²) in [5, 5.41) is 64.6. The molecule has 18 heteroatoms. The quantitative estimate of drug-likeness (QED) is 0.0506. The third kappa shape index (κ3) is 16.1. The van der Waals surface area contributed by atoms with Crippen molar-refractivity contribution >= 4 is 35.1 Å². The molecule has 6 rings (SSSR count). The van der Waals surface area contributed by atoms with E-state index in [-0.39, 0.29) is 70.1 Å². The van der Waals surface area contributed by atoms with E-state index in [0.29, 0.717) is 26.2 Å². The highest BCUT2D eigenvalue weighted by Crippen LogP contribution is 2.55. The minimum absolute atomic E-state index is 0.0454. The van der Waals surface area contributed by atoms with Crippen LogP contribution in [0.25, 0.3) is 0 Å². The Morgan fingerprint density at radius 2 is 1.27 bits per heavy atom. The molecule has 1 unspecified atom stereocenters. The number of aliphatic hydroxyl groups is 5. The second kappa shape index (κ2) is 30.2. The maximum atomic E-state index is 14.8. The van der Waals surface area contributed by atoms with Crippen molar-refractivity contribution < 1.29 is 73.0 Å². The van der Waals surface area contributed by atoms with Crippen molar-refractivity contribution in [2.24, 2.45) is 23.7 Å². The van der Waals surface area contributed by atoms with Gasteiger partial charge in [-0.3, -0.25) is 9.59 Å². The fourth-order valence-corrected chi connectivity index (χ4v) is 17.4. The Kier molecular flexibility index (Phi) is 24.9. The van der Waals surface area contributed by atoms with Gasteiger partial charge in [-0.25, -0.2) is 0 Å². The van der Waals surface area contributed by atoms with Gasteiger partial charge in [0.05, 0.1) is 99.8 Å². The first-order chi connectivity index (χ1) is 38.8. The van der Waals surface area contributed by atoms with Crippen LogP contribution >= 0.6 is 7.26 Å². The molecule has 0 radical (unpaired) electrons. The summed E-state index contributed by atoms with van der Waals surface area (Å²) in [5.41, 5.74) is -4.84. The average Bonchev–Trinajstić information content (AvgIpc) is 2.38. The third-order valence-corrected chi connectivity index (χ3v) is 22.3. The smallest absolute Gasteiger partial charge is 0.309 e. The molecule has 0 spiro atoms. The van der Waals surface area contributed by atoms with Crippen LogP contribution in [-0.4, -0.2) is 205 Å². The normalized spacial score (nSPS) is 35.6. The van der Waals surface area contributed by atoms with E-state index in [1.807, 2.05) is 58.0 Å². The lowest BCUT2D eigenvalue weighted by atomic mass is 9.68. The second-order valence-electron chi connectivity index (χ2n) is 24.5. The molecule has 3 heterocycles. The summed E-state index contributed by atoms with van der Waals surface area (Å²) >= 11 is 0. The highest BCUT2D eigenvalue weighted by atomic mass is 31.2. The van der Waals surface area contributed by atoms with Crippen LogP contribution in [-0.2, 0) is 47.5 Å². The van der Waals surface area contributed by atoms with E-state index in [9.17, 15) is 35.1 Å². The molecule has 3 fully saturated rings. The second-order valence-corrected chi connectivity index (χ2v) is 28.1. The lowest BCUT2D eigenvalue weighted by Crippen LogP contribution is -2.61. The minimum atomic E-state index is -2.04. The Bertz CT molecular complexity index is 2290. The van der Waals surface area contributed by atoms with Crippen molar-refractivity contribution in [2.75, 3.05) is 73.6 Å². The summed E-state index contributed by atoms with van der Waals surface area (Å²) in [5.74, 6) is -4.01. The van der Waals surface area contributed by atoms with Gasteiger partial charge >= 0.3 is 5.97 Å². The Balaban J connectivity index is 1.16. The van der Waals surface area contributed by atoms with Crippen molar-refractivity contribution in [2.45, 2.75) is 185 Å². The highest BCUT2D eigenvalue weighted by Gasteiger charge is 2.55. The Labute approximate surface area is 489 Å². The van der Waals surface area contributed by atoms with Crippen LogP contribution in [0.4, 0.5) is 0 Å². The van der Waals surface area contributed by atoms with E-state index < -0.39 is 109 Å². The highest BCUT2D eigenvalue weighted by molar-refractivity contribution is 7.95. The zero-order valence-electron chi connectivity index (χ0n) is 51.2. The number of hydrogen-bond donors (Lipinski definition) is 5. The number of likely N-dealkylation sites (N-methyl/N-ethyl adjacent to an activating group) is 1. The largest absolute Gasteiger partial charge is 0.459 e. The van der Waals surface area contributed by atoms with E-state index in [4.69, 9.17) is 37.9 Å². The van der Waals surface area contributed by atoms with Crippen LogP contribution in [0.3, 0.4) is 0 Å². The van der Waals surface area contributed by atoms with Gasteiger partial charge in [0.1, 0.15) is 53.2 Å². The molecule has 0 saturated carbocycles. The summed E-state index contributed by atoms with van der Waals surface area (Å²) in [4.78, 5) is 32.7. The minimum Gasteiger partial charge on any atom is -0.459 e. The van der Waals surface area contributed by atoms with Crippen molar-refractivity contribution in [1.82, 2.24) is 9.80 Å². The van der Waals surface area contributed by atoms with Gasteiger partial charge in [-0.1, -0.05) is 82.3 Å². The number of aliphatic hydroxyl groups excluding tert-OH is 3. The molecule has 82 heavy (non-hydrogen) atoms. The Morgan fingerprint density at radius 1 is 0.744 bits per heavy atom. The molecule has 0 aliphatic carbocycles. The monoisotopic (exact) mass is 1170 g/mol. The van der Waals surface area contributed by atoms with Gasteiger partial charge < -0.3 is 73.2 Å². The standard InChI is InChI=1S/C64H100N2O15P/c1-14-53-64(10,73)57(69)46(6)66(54(67)30-31-75-32-33-76-34-35-77-36-37-82(48-24-18-15-19-25-48,49-26-20-16-21-27-49)50-28-22-17-23-29-50)41-42(2)39-62(8,72)59(81-61-56(68)51(65(11)12)38-43(3)78-61)44(4)55(45(5)60(71)80-53)52-40-63(9,74-13)58(70)47(7)79-52/h15-29,42-47,51-53,55-59,61,68-70,72-73H,14,30-41H2,1-13H3/q+1/t42-,43-,44+,45-,46-,47+,51+,52-,53-,55?,56-,57-,58+,59-,61+,62-,63-,64-/m1/s1. The zero-order chi connectivity index (χ0) is 60.2. The molecule has 18 atom stereocenters. The molecule has 0 bridgehead atoms. The number of benzene rings is 3. The number of ether oxygens (including phenoxy) is 8. The molecule has 17 nitrogen and oxygen atoms in total. The first-order valence-corrected chi connectivity index (χ1v) is 31.8. The number of methoxy groups -OCH3 is 1. The fourth-order valence-electron chi connectivity index (χ4n) is 13.3. The van der Waals surface area contributed by atoms with Gasteiger partial charge in [0.2, 0.25) is 5.91 Å². The van der Waals surface area contributed by atoms with Crippen LogP contribution in [0, 0.1) is 23.7 Å². The molecule has 460 valence electrons. The molecular weight excluding hydrogens is 1070 g/mol. The number of rotatable bonds is 21. The summed E-state index contributed by atoms with van der Waals surface area (Å²) in [6, 6.07) is 30.7. The number of nitrogens with zero attached hydrogens (tertiary/aromatic N) is 2. The summed E-state index contributed by atoms with van der Waals surface area (Å²) in [6.07, 6.45) is -7.43. The number of cyclic esters (lactones) is 1. The summed E-state index contributed by atoms with van der Waals surface area (Å²) < 4.78 is 50.1. The van der Waals surface area contributed by atoms with Crippen LogP contribution in [0.1, 0.15) is 101 Å². The molecule has 5 N–H and O–H groups in total. The summed E-state index contributed by atoms with van der Waals surface area (Å²) in [7, 11) is 3.24. The van der Waals surface area contributed by atoms with Crippen LogP contribution in [0.2, 0.25) is 0 Å². The van der Waals surface area contributed by atoms with Crippen molar-refractivity contribution in [3.8, 4) is 0 Å². The fraction of sp³-hybridized carbons (Fsp3) is 0.688. The molecule has 3 aliphatic heterocycles. The molecule has 3 saturated heterocycles. The number of esters is 1. The first kappa shape index (κ1) is 67.6. The van der Waals surface area contributed by atoms with Gasteiger partial charge in [-0.15, -0.1) is 0 Å². The van der Waals surface area contributed by atoms with E-state index in [2.05, 4.69) is 72.8 Å². The van der Waals surface area contributed by atoms with Gasteiger partial charge in [-0.05, 0) is 123 Å². The van der Waals surface area contributed by atoms with E-state index in [1.165, 1.54) is 34.8 Å². The van der Waals surface area contributed by atoms with Crippen LogP contribution in [0.15, 0.2) is 91.0 Å². The molecular formula is C64H100N2O15P+. The number of carbonyl (C=O) groups excluding carboxylic acids is 2. The maximum Gasteiger partial charge on any atom is 0.309 e. The molecule has 3 aromatic carbocycles. The van der Waals surface area contributed by atoms with Crippen molar-refractivity contribution in [3.05, 3.63) is 91.0 Å². The van der Waals surface area contributed by atoms with Gasteiger partial charge in [-0.2, -0.15) is 0 Å². The first-order valence-electron chi connectivity index (χ1n) is 29.8. The third-order valence-electron chi connectivity index (χ3n) is 18.0. The SMILES string of the molecule is CC[C@H]1OC(=O)[C@H](C)C([C@H]2C[C@@](C)(OC)[C@@H](O)[C@H](C)O2)[C@H](C)[C@@H](O[C@@H]2O[C@H](C)C[C@H](N(C)C)[C@H]2O)[C@](C)(O)C[C@@H](C)CN(C(=O)CCOCCOCCOCC[P+](c2ccccc2)(c2ccccc2)c2ccccc2)[C@H](C)[C@@H](O)[C@]1(C)O. The number of hydrogen-bond acceptors (Lipinski definition) is 16. The maximum absolute atomic E-state index is 14.8. The molecule has 3 aliphatic rings. The Hall–Kier alpha value is -3.49. The van der Waals surface area contributed by atoms with E-state index in [1.54, 1.807) is 41.5 Å². The number of carbonyl (C=O) groups is 2. The molecule has 3 aromatic rings. The van der Waals surface area contributed by atoms with E-state index in [0.717, 1.165) is 6.16 Å². The van der Waals surface area contributed by atoms with Gasteiger partial charge in [0.15, 0.2) is 6.29 Å². The predicted octanol–water partition coefficient (Wildman–Crippen LogP) is 5.51. The topological polar surface area (TPSA) is 216 Å². The summed E-state index contributed by atoms with van der Waals surface area (Å²) in [6.45, 7) is 19.2. The molecule has 1 amide bonds. The lowest BCUT2D eigenvalue weighted by Gasteiger charge is -2.51. The van der Waals surface area contributed by atoms with Crippen LogP contribution in [0.5, 0.6) is 0 Å². The van der Waals surface area contributed by atoms with Gasteiger partial charge in [0, 0.05) is 32.0 Å². The van der Waals surface area contributed by atoms with E-state index >= 15 is 0 Å². The molecule has 0 aromatic heterocycles. The van der Waals surface area contributed by atoms with Crippen LogP contribution < -0.4 is 15.9 Å². The van der Waals surface area contributed by atoms with Gasteiger partial charge in [0.25, 0.3) is 0 Å². The zero-order valence-corrected chi connectivity index (χ0v) is 52.1. The van der Waals surface area contributed by atoms with Crippen molar-refractivity contribution in [3.63, 3.8) is 0 Å². The Morgan fingerprint density at radius 3 is 1.78 bits per heavy atom.